The Morgan fingerprint density at radius 3 is 2.57 bits per heavy atom. The topological polar surface area (TPSA) is 105 Å². The number of rotatable bonds is 7. The third kappa shape index (κ3) is 4.68. The molecule has 0 atom stereocenters. The van der Waals surface area contributed by atoms with Crippen molar-refractivity contribution in [1.82, 2.24) is 10.2 Å². The number of carbonyl (C=O) groups is 4. The molecule has 1 heterocycles. The van der Waals surface area contributed by atoms with E-state index in [1.165, 1.54) is 4.90 Å². The predicted molar refractivity (Wildman–Crippen MR) is 114 cm³/mol. The minimum atomic E-state index is -0.523. The predicted octanol–water partition coefficient (Wildman–Crippen LogP) is 3.43. The fourth-order valence-corrected chi connectivity index (χ4v) is 3.41. The van der Waals surface area contributed by atoms with E-state index in [0.717, 1.165) is 4.47 Å². The number of amides is 4. The third-order valence-corrected chi connectivity index (χ3v) is 4.94. The highest BCUT2D eigenvalue weighted by Gasteiger charge is 2.34. The molecular weight excluding hydrogens is 454 g/mol. The molecule has 2 aromatic rings. The van der Waals surface area contributed by atoms with Crippen molar-refractivity contribution in [1.29, 1.82) is 0 Å². The lowest BCUT2D eigenvalue weighted by Gasteiger charge is -2.14. The Hall–Kier alpha value is -3.20. The van der Waals surface area contributed by atoms with Crippen molar-refractivity contribution in [2.45, 2.75) is 13.3 Å². The molecule has 1 aliphatic rings. The number of halogens is 1. The number of nitrogens with zero attached hydrogens (tertiary/aromatic N) is 1. The molecule has 2 N–H and O–H groups in total. The summed E-state index contributed by atoms with van der Waals surface area (Å²) in [5.74, 6) is -1.20. The quantitative estimate of drug-likeness (QED) is 0.364. The van der Waals surface area contributed by atoms with Gasteiger partial charge in [-0.15, -0.1) is 0 Å². The molecule has 8 nitrogen and oxygen atoms in total. The van der Waals surface area contributed by atoms with Crippen LogP contribution >= 0.6 is 15.9 Å². The van der Waals surface area contributed by atoms with E-state index < -0.39 is 12.0 Å². The van der Waals surface area contributed by atoms with Gasteiger partial charge in [-0.25, -0.2) is 9.59 Å². The van der Waals surface area contributed by atoms with Crippen molar-refractivity contribution in [3.05, 3.63) is 63.6 Å². The number of hydrogen-bond donors (Lipinski definition) is 2. The summed E-state index contributed by atoms with van der Waals surface area (Å²) >= 11 is 3.30. The maximum atomic E-state index is 12.4. The summed E-state index contributed by atoms with van der Waals surface area (Å²) in [6, 6.07) is 11.0. The molecule has 0 aliphatic carbocycles. The standard InChI is InChI=1S/C21H20BrN3O5/c1-2-30-20(28)15-6-3-4-7-17(15)24-21(29)23-10-5-11-25-18(26)14-9-8-13(22)12-16(14)19(25)27/h3-4,6-9,12H,2,5,10-11H2,1H3,(H2,23,24,29). The highest BCUT2D eigenvalue weighted by Crippen LogP contribution is 2.26. The molecule has 30 heavy (non-hydrogen) atoms. The van der Waals surface area contributed by atoms with Crippen LogP contribution in [-0.2, 0) is 4.74 Å². The van der Waals surface area contributed by atoms with E-state index in [4.69, 9.17) is 4.74 Å². The van der Waals surface area contributed by atoms with Gasteiger partial charge in [-0.2, -0.15) is 0 Å². The Kier molecular flexibility index (Phi) is 6.83. The smallest absolute Gasteiger partial charge is 0.340 e. The zero-order chi connectivity index (χ0) is 21.7. The number of para-hydroxylation sites is 1. The Labute approximate surface area is 181 Å². The van der Waals surface area contributed by atoms with Crippen LogP contribution in [0.25, 0.3) is 0 Å². The number of fused-ring (bicyclic) bond motifs is 1. The van der Waals surface area contributed by atoms with Gasteiger partial charge in [0.05, 0.1) is 29.0 Å². The minimum absolute atomic E-state index is 0.184. The van der Waals surface area contributed by atoms with E-state index in [1.807, 2.05) is 0 Å². The van der Waals surface area contributed by atoms with Crippen molar-refractivity contribution in [2.75, 3.05) is 25.0 Å². The molecule has 0 unspecified atom stereocenters. The number of ether oxygens (including phenoxy) is 1. The maximum absolute atomic E-state index is 12.4. The van der Waals surface area contributed by atoms with Gasteiger partial charge < -0.3 is 15.4 Å². The highest BCUT2D eigenvalue weighted by atomic mass is 79.9. The summed E-state index contributed by atoms with van der Waals surface area (Å²) in [7, 11) is 0. The van der Waals surface area contributed by atoms with E-state index in [1.54, 1.807) is 49.4 Å². The van der Waals surface area contributed by atoms with Crippen LogP contribution in [0.2, 0.25) is 0 Å². The second kappa shape index (κ2) is 9.53. The Morgan fingerprint density at radius 2 is 1.80 bits per heavy atom. The second-order valence-electron chi connectivity index (χ2n) is 6.45. The van der Waals surface area contributed by atoms with Gasteiger partial charge in [0.2, 0.25) is 0 Å². The maximum Gasteiger partial charge on any atom is 0.340 e. The lowest BCUT2D eigenvalue weighted by molar-refractivity contribution is 0.0526. The van der Waals surface area contributed by atoms with E-state index in [2.05, 4.69) is 26.6 Å². The molecule has 0 saturated heterocycles. The molecule has 1 aliphatic heterocycles. The average Bonchev–Trinajstić information content (AvgIpc) is 2.95. The van der Waals surface area contributed by atoms with E-state index >= 15 is 0 Å². The normalized spacial score (nSPS) is 12.5. The zero-order valence-electron chi connectivity index (χ0n) is 16.2. The molecule has 0 spiro atoms. The third-order valence-electron chi connectivity index (χ3n) is 4.45. The Morgan fingerprint density at radius 1 is 1.07 bits per heavy atom. The van der Waals surface area contributed by atoms with Gasteiger partial charge in [-0.3, -0.25) is 14.5 Å². The summed E-state index contributed by atoms with van der Waals surface area (Å²) in [5.41, 5.74) is 1.34. The lowest BCUT2D eigenvalue weighted by atomic mass is 10.1. The Balaban J connectivity index is 1.50. The van der Waals surface area contributed by atoms with Crippen molar-refractivity contribution < 1.29 is 23.9 Å². The number of anilines is 1. The molecule has 0 radical (unpaired) electrons. The van der Waals surface area contributed by atoms with Crippen LogP contribution in [0.15, 0.2) is 46.9 Å². The molecule has 156 valence electrons. The number of carbonyl (C=O) groups excluding carboxylic acids is 4. The number of esters is 1. The van der Waals surface area contributed by atoms with Crippen molar-refractivity contribution in [2.24, 2.45) is 0 Å². The molecular formula is C21H20BrN3O5. The number of benzene rings is 2. The highest BCUT2D eigenvalue weighted by molar-refractivity contribution is 9.10. The number of nitrogens with one attached hydrogen (secondary N) is 2. The first kappa shape index (κ1) is 21.5. The molecule has 0 bridgehead atoms. The van der Waals surface area contributed by atoms with Crippen LogP contribution in [0.1, 0.15) is 44.4 Å². The van der Waals surface area contributed by atoms with E-state index in [-0.39, 0.29) is 37.1 Å². The zero-order valence-corrected chi connectivity index (χ0v) is 17.8. The summed E-state index contributed by atoms with van der Waals surface area (Å²) < 4.78 is 5.70. The minimum Gasteiger partial charge on any atom is -0.462 e. The molecule has 0 aromatic heterocycles. The van der Waals surface area contributed by atoms with Gasteiger partial charge in [-0.05, 0) is 43.7 Å². The molecule has 0 saturated carbocycles. The molecule has 4 amide bonds. The summed E-state index contributed by atoms with van der Waals surface area (Å²) in [5, 5.41) is 5.27. The van der Waals surface area contributed by atoms with Crippen LogP contribution in [0.4, 0.5) is 10.5 Å². The number of imide groups is 1. The SMILES string of the molecule is CCOC(=O)c1ccccc1NC(=O)NCCCN1C(=O)c2ccc(Br)cc2C1=O. The van der Waals surface area contributed by atoms with Gasteiger partial charge in [0.15, 0.2) is 0 Å². The first-order valence-corrected chi connectivity index (χ1v) is 10.2. The fourth-order valence-electron chi connectivity index (χ4n) is 3.05. The molecule has 0 fully saturated rings. The summed E-state index contributed by atoms with van der Waals surface area (Å²) in [6.07, 6.45) is 0.388. The van der Waals surface area contributed by atoms with Crippen LogP contribution in [-0.4, -0.2) is 48.4 Å². The second-order valence-corrected chi connectivity index (χ2v) is 7.37. The van der Waals surface area contributed by atoms with Crippen molar-refractivity contribution in [3.8, 4) is 0 Å². The van der Waals surface area contributed by atoms with Crippen LogP contribution in [0, 0.1) is 0 Å². The first-order valence-electron chi connectivity index (χ1n) is 9.39. The summed E-state index contributed by atoms with van der Waals surface area (Å²) in [6.45, 7) is 2.36. The van der Waals surface area contributed by atoms with Gasteiger partial charge in [0.25, 0.3) is 11.8 Å². The van der Waals surface area contributed by atoms with E-state index in [0.29, 0.717) is 23.2 Å². The van der Waals surface area contributed by atoms with Gasteiger partial charge in [0.1, 0.15) is 0 Å². The average molecular weight is 474 g/mol. The van der Waals surface area contributed by atoms with E-state index in [9.17, 15) is 19.2 Å². The Bertz CT molecular complexity index is 1010. The number of urea groups is 1. The van der Waals surface area contributed by atoms with Crippen molar-refractivity contribution >= 4 is 45.4 Å². The van der Waals surface area contributed by atoms with Gasteiger partial charge in [-0.1, -0.05) is 28.1 Å². The van der Waals surface area contributed by atoms with Crippen LogP contribution in [0.3, 0.4) is 0 Å². The lowest BCUT2D eigenvalue weighted by Crippen LogP contribution is -2.35. The first-order chi connectivity index (χ1) is 14.4. The molecule has 9 heteroatoms. The number of hydrogen-bond acceptors (Lipinski definition) is 5. The monoisotopic (exact) mass is 473 g/mol. The fraction of sp³-hybridized carbons (Fsp3) is 0.238. The largest absolute Gasteiger partial charge is 0.462 e. The van der Waals surface area contributed by atoms with Gasteiger partial charge >= 0.3 is 12.0 Å². The molecule has 3 rings (SSSR count). The van der Waals surface area contributed by atoms with Gasteiger partial charge in [0, 0.05) is 17.6 Å². The van der Waals surface area contributed by atoms with Crippen LogP contribution in [0.5, 0.6) is 0 Å². The molecule has 2 aromatic carbocycles. The van der Waals surface area contributed by atoms with Crippen LogP contribution < -0.4 is 10.6 Å². The summed E-state index contributed by atoms with van der Waals surface area (Å²) in [4.78, 5) is 50.1. The van der Waals surface area contributed by atoms with Crippen molar-refractivity contribution in [3.63, 3.8) is 0 Å².